The van der Waals surface area contributed by atoms with Crippen molar-refractivity contribution in [2.24, 2.45) is 0 Å². The quantitative estimate of drug-likeness (QED) is 0.214. The van der Waals surface area contributed by atoms with E-state index in [4.69, 9.17) is 20.0 Å². The summed E-state index contributed by atoms with van der Waals surface area (Å²) in [5.74, 6) is -1.70. The van der Waals surface area contributed by atoms with E-state index >= 15 is 0 Å². The van der Waals surface area contributed by atoms with Gasteiger partial charge in [0, 0.05) is 13.0 Å². The van der Waals surface area contributed by atoms with E-state index in [0.29, 0.717) is 5.56 Å². The Morgan fingerprint density at radius 2 is 1.34 bits per heavy atom. The lowest BCUT2D eigenvalue weighted by Gasteiger charge is -2.07. The van der Waals surface area contributed by atoms with Crippen LogP contribution in [0.1, 0.15) is 65.0 Å². The fourth-order valence-electron chi connectivity index (χ4n) is 3.03. The maximum absolute atomic E-state index is 13.6. The Morgan fingerprint density at radius 3 is 1.86 bits per heavy atom. The lowest BCUT2D eigenvalue weighted by Crippen LogP contribution is -2.10. The van der Waals surface area contributed by atoms with Gasteiger partial charge in [0.05, 0.1) is 22.8 Å². The third-order valence-corrected chi connectivity index (χ3v) is 4.83. The van der Waals surface area contributed by atoms with Gasteiger partial charge in [0.15, 0.2) is 0 Å². The highest BCUT2D eigenvalue weighted by molar-refractivity contribution is 5.92. The minimum absolute atomic E-state index is 0.0138. The second-order valence-electron chi connectivity index (χ2n) is 7.43. The van der Waals surface area contributed by atoms with E-state index in [9.17, 15) is 14.0 Å². The van der Waals surface area contributed by atoms with E-state index in [2.05, 4.69) is 6.92 Å². The Morgan fingerprint density at radius 1 is 0.829 bits per heavy atom. The van der Waals surface area contributed by atoms with Crippen LogP contribution in [0.25, 0.3) is 0 Å². The number of unbranched alkanes of at least 4 members (excludes halogenated alkanes) is 2. The van der Waals surface area contributed by atoms with Gasteiger partial charge in [-0.25, -0.2) is 14.0 Å². The topological polar surface area (TPSA) is 100 Å². The second kappa shape index (κ2) is 13.9. The molecule has 0 unspecified atom stereocenters. The minimum Gasteiger partial charge on any atom is -0.423 e. The van der Waals surface area contributed by atoms with Gasteiger partial charge < -0.3 is 9.47 Å². The molecule has 0 aliphatic rings. The molecule has 0 N–H and O–H groups in total. The Bertz CT molecular complexity index is 1220. The fraction of sp³-hybridized carbons (Fsp3) is 0.214. The first-order valence-corrected chi connectivity index (χ1v) is 11.1. The molecular weight excluding hydrogens is 447 g/mol. The molecule has 7 heteroatoms. The lowest BCUT2D eigenvalue weighted by atomic mass is 10.1. The van der Waals surface area contributed by atoms with Crippen LogP contribution in [0.3, 0.4) is 0 Å². The molecule has 3 aromatic rings. The maximum Gasteiger partial charge on any atom is 0.343 e. The number of hydrogen-bond donors (Lipinski definition) is 0. The molecule has 3 aromatic carbocycles. The monoisotopic (exact) mass is 472 g/mol. The van der Waals surface area contributed by atoms with Gasteiger partial charge in [-0.3, -0.25) is 0 Å². The molecule has 0 amide bonds. The summed E-state index contributed by atoms with van der Waals surface area (Å²) in [4.78, 5) is 24.6. The average Bonchev–Trinajstić information content (AvgIpc) is 2.85. The molecule has 0 radical (unpaired) electrons. The van der Waals surface area contributed by atoms with Crippen LogP contribution >= 0.6 is 0 Å². The zero-order valence-electron chi connectivity index (χ0n) is 19.6. The Hall–Kier alpha value is -4.49. The summed E-state index contributed by atoms with van der Waals surface area (Å²) >= 11 is 0. The van der Waals surface area contributed by atoms with Crippen molar-refractivity contribution in [3.63, 3.8) is 0 Å². The van der Waals surface area contributed by atoms with E-state index in [1.165, 1.54) is 55.3 Å². The van der Waals surface area contributed by atoms with E-state index in [0.717, 1.165) is 25.3 Å². The summed E-state index contributed by atoms with van der Waals surface area (Å²) in [6.45, 7) is 3.59. The van der Waals surface area contributed by atoms with Crippen molar-refractivity contribution < 1.29 is 23.5 Å². The van der Waals surface area contributed by atoms with E-state index < -0.39 is 17.8 Å². The number of ether oxygens (including phenoxy) is 2. The molecule has 0 atom stereocenters. The molecule has 3 rings (SSSR count). The SMILES string of the molecule is CC#N.CCCCCc1ccc(C(=O)Oc2ccc(C(=O)Oc3ccc(C#N)c(F)c3)cc2)cc1. The minimum atomic E-state index is -0.769. The summed E-state index contributed by atoms with van der Waals surface area (Å²) in [6, 6.07) is 20.2. The van der Waals surface area contributed by atoms with Crippen LogP contribution in [0.5, 0.6) is 11.5 Å². The van der Waals surface area contributed by atoms with Gasteiger partial charge in [-0.2, -0.15) is 10.5 Å². The molecular formula is C28H25FN2O4. The zero-order valence-corrected chi connectivity index (χ0v) is 19.6. The van der Waals surface area contributed by atoms with Crippen molar-refractivity contribution in [1.82, 2.24) is 0 Å². The van der Waals surface area contributed by atoms with Crippen LogP contribution in [-0.4, -0.2) is 11.9 Å². The predicted molar refractivity (Wildman–Crippen MR) is 128 cm³/mol. The first kappa shape index (κ1) is 26.8. The number of carbonyl (C=O) groups excluding carboxylic acids is 2. The van der Waals surface area contributed by atoms with Crippen LogP contribution in [0.15, 0.2) is 66.7 Å². The summed E-state index contributed by atoms with van der Waals surface area (Å²) in [5.41, 5.74) is 1.68. The number of benzene rings is 3. The van der Waals surface area contributed by atoms with E-state index in [1.54, 1.807) is 24.3 Å². The standard InChI is InChI=1S/C26H22FNO4.C2H3N/c1-2-3-4-5-18-6-8-19(9-7-18)25(29)31-22-13-10-20(11-14-22)26(30)32-23-15-12-21(17-28)24(27)16-23;1-2-3/h6-16H,2-5H2,1H3;1H3. The van der Waals surface area contributed by atoms with Crippen molar-refractivity contribution in [3.8, 4) is 23.6 Å². The molecule has 0 saturated carbocycles. The highest BCUT2D eigenvalue weighted by Crippen LogP contribution is 2.19. The Balaban J connectivity index is 0.00000137. The number of esters is 2. The van der Waals surface area contributed by atoms with Crippen molar-refractivity contribution in [1.29, 1.82) is 10.5 Å². The molecule has 0 heterocycles. The zero-order chi connectivity index (χ0) is 25.6. The maximum atomic E-state index is 13.6. The number of carbonyl (C=O) groups is 2. The van der Waals surface area contributed by atoms with Gasteiger partial charge in [0.1, 0.15) is 23.4 Å². The molecule has 6 nitrogen and oxygen atoms in total. The predicted octanol–water partition coefficient (Wildman–Crippen LogP) is 6.40. The summed E-state index contributed by atoms with van der Waals surface area (Å²) in [6.07, 6.45) is 4.44. The van der Waals surface area contributed by atoms with E-state index in [1.807, 2.05) is 12.1 Å². The first-order chi connectivity index (χ1) is 16.9. The molecule has 0 bridgehead atoms. The third kappa shape index (κ3) is 8.42. The van der Waals surface area contributed by atoms with Crippen LogP contribution < -0.4 is 9.47 Å². The van der Waals surface area contributed by atoms with Crippen LogP contribution in [-0.2, 0) is 6.42 Å². The molecule has 0 aromatic heterocycles. The van der Waals surface area contributed by atoms with Gasteiger partial charge in [-0.05, 0) is 66.9 Å². The number of nitrogens with zero attached hydrogens (tertiary/aromatic N) is 2. The molecule has 0 saturated heterocycles. The largest absolute Gasteiger partial charge is 0.423 e. The molecule has 0 aliphatic heterocycles. The Labute approximate surface area is 204 Å². The highest BCUT2D eigenvalue weighted by atomic mass is 19.1. The van der Waals surface area contributed by atoms with E-state index in [-0.39, 0.29) is 22.6 Å². The number of halogens is 1. The van der Waals surface area contributed by atoms with Crippen LogP contribution in [0.4, 0.5) is 4.39 Å². The Kier molecular flexibility index (Phi) is 10.6. The van der Waals surface area contributed by atoms with Gasteiger partial charge in [0.2, 0.25) is 0 Å². The number of hydrogen-bond acceptors (Lipinski definition) is 6. The summed E-state index contributed by atoms with van der Waals surface area (Å²) in [7, 11) is 0. The van der Waals surface area contributed by atoms with Gasteiger partial charge >= 0.3 is 11.9 Å². The number of nitriles is 2. The second-order valence-corrected chi connectivity index (χ2v) is 7.43. The summed E-state index contributed by atoms with van der Waals surface area (Å²) in [5, 5.41) is 16.1. The van der Waals surface area contributed by atoms with Gasteiger partial charge in [-0.15, -0.1) is 0 Å². The smallest absolute Gasteiger partial charge is 0.343 e. The van der Waals surface area contributed by atoms with Crippen molar-refractivity contribution in [3.05, 3.63) is 94.8 Å². The van der Waals surface area contributed by atoms with Crippen LogP contribution in [0.2, 0.25) is 0 Å². The van der Waals surface area contributed by atoms with Gasteiger partial charge in [0.25, 0.3) is 0 Å². The molecule has 0 aliphatic carbocycles. The number of rotatable bonds is 8. The molecule has 0 fully saturated rings. The first-order valence-electron chi connectivity index (χ1n) is 11.1. The van der Waals surface area contributed by atoms with Crippen molar-refractivity contribution in [2.75, 3.05) is 0 Å². The normalized spacial score (nSPS) is 9.63. The van der Waals surface area contributed by atoms with Gasteiger partial charge in [-0.1, -0.05) is 31.9 Å². The van der Waals surface area contributed by atoms with Crippen molar-refractivity contribution in [2.45, 2.75) is 39.5 Å². The van der Waals surface area contributed by atoms with Crippen molar-refractivity contribution >= 4 is 11.9 Å². The molecule has 178 valence electrons. The summed E-state index contributed by atoms with van der Waals surface area (Å²) < 4.78 is 24.1. The average molecular weight is 473 g/mol. The van der Waals surface area contributed by atoms with Crippen LogP contribution in [0, 0.1) is 28.5 Å². The fourth-order valence-corrected chi connectivity index (χ4v) is 3.03. The number of aryl methyl sites for hydroxylation is 1. The highest BCUT2D eigenvalue weighted by Gasteiger charge is 2.13. The third-order valence-electron chi connectivity index (χ3n) is 4.83. The lowest BCUT2D eigenvalue weighted by molar-refractivity contribution is 0.0730. The molecule has 35 heavy (non-hydrogen) atoms. The molecule has 0 spiro atoms.